The molecule has 3 fully saturated rings. The second-order valence-corrected chi connectivity index (χ2v) is 12.6. The number of anilines is 1. The van der Waals surface area contributed by atoms with E-state index in [2.05, 4.69) is 16.4 Å². The summed E-state index contributed by atoms with van der Waals surface area (Å²) in [5, 5.41) is 3.83. The summed E-state index contributed by atoms with van der Waals surface area (Å²) in [6, 6.07) is 11.1. The smallest absolute Gasteiger partial charge is 0.305 e. The van der Waals surface area contributed by atoms with Gasteiger partial charge in [-0.15, -0.1) is 23.1 Å². The lowest BCUT2D eigenvalue weighted by Gasteiger charge is -2.42. The predicted octanol–water partition coefficient (Wildman–Crippen LogP) is 4.83. The zero-order chi connectivity index (χ0) is 21.7. The monoisotopic (exact) mass is 500 g/mol. The summed E-state index contributed by atoms with van der Waals surface area (Å²) in [5.74, 6) is -0.0317. The van der Waals surface area contributed by atoms with Crippen molar-refractivity contribution in [2.24, 2.45) is 29.6 Å². The minimum absolute atomic E-state index is 0.0300. The molecular weight excluding hydrogens is 484 g/mol. The van der Waals surface area contributed by atoms with Gasteiger partial charge in [0, 0.05) is 25.9 Å². The zero-order valence-corrected chi connectivity index (χ0v) is 19.8. The summed E-state index contributed by atoms with van der Waals surface area (Å²) in [5.41, 5.74) is 0.604. The van der Waals surface area contributed by atoms with E-state index < -0.39 is 0 Å². The molecule has 2 aromatic heterocycles. The van der Waals surface area contributed by atoms with Crippen molar-refractivity contribution in [1.29, 1.82) is 0 Å². The molecule has 1 N–H and O–H groups in total. The van der Waals surface area contributed by atoms with Crippen molar-refractivity contribution < 1.29 is 9.59 Å². The van der Waals surface area contributed by atoms with E-state index in [1.165, 1.54) is 21.1 Å². The number of aromatic amines is 1. The van der Waals surface area contributed by atoms with Crippen LogP contribution in [0.5, 0.6) is 0 Å². The molecule has 9 heteroatoms. The number of aromatic nitrogens is 1. The number of halogens is 1. The van der Waals surface area contributed by atoms with Gasteiger partial charge < -0.3 is 4.98 Å². The lowest BCUT2D eigenvalue weighted by molar-refractivity contribution is -0.123. The SMILES string of the molecule is O=C1[C@@H]2[C@H]3C[C@@H]([C@@H]2C(=O)N1c1ccc(Cl)cc1)[C@@H]1[C@@H](c2cccs2)c2sc(=O)[nH]c2S[C@H]31. The molecule has 2 bridgehead atoms. The third kappa shape index (κ3) is 2.49. The van der Waals surface area contributed by atoms with E-state index in [0.717, 1.165) is 16.3 Å². The van der Waals surface area contributed by atoms with Crippen molar-refractivity contribution in [2.75, 3.05) is 4.90 Å². The number of carbonyl (C=O) groups is 2. The van der Waals surface area contributed by atoms with Gasteiger partial charge in [0.2, 0.25) is 11.8 Å². The highest BCUT2D eigenvalue weighted by atomic mass is 35.5. The van der Waals surface area contributed by atoms with Crippen LogP contribution in [0.3, 0.4) is 0 Å². The summed E-state index contributed by atoms with van der Waals surface area (Å²) in [6.07, 6.45) is 0.907. The number of fused-ring (bicyclic) bond motifs is 9. The Hall–Kier alpha value is -1.87. The fourth-order valence-electron chi connectivity index (χ4n) is 6.65. The average molecular weight is 501 g/mol. The molecule has 0 unspecified atom stereocenters. The number of thiophene rings is 1. The van der Waals surface area contributed by atoms with Crippen LogP contribution in [0.2, 0.25) is 5.02 Å². The van der Waals surface area contributed by atoms with E-state index in [1.807, 2.05) is 6.07 Å². The van der Waals surface area contributed by atoms with Gasteiger partial charge in [0.25, 0.3) is 0 Å². The van der Waals surface area contributed by atoms with E-state index in [0.29, 0.717) is 10.7 Å². The summed E-state index contributed by atoms with van der Waals surface area (Å²) in [4.78, 5) is 46.1. The Bertz CT molecular complexity index is 1310. The highest BCUT2D eigenvalue weighted by Gasteiger charge is 2.69. The molecule has 2 saturated carbocycles. The highest BCUT2D eigenvalue weighted by Crippen LogP contribution is 2.68. The van der Waals surface area contributed by atoms with Crippen molar-refractivity contribution >= 4 is 63.5 Å². The van der Waals surface area contributed by atoms with Crippen LogP contribution in [0.25, 0.3) is 0 Å². The molecule has 7 atom stereocenters. The number of hydrogen-bond acceptors (Lipinski definition) is 6. The van der Waals surface area contributed by atoms with Crippen molar-refractivity contribution in [3.63, 3.8) is 0 Å². The minimum atomic E-state index is -0.273. The molecule has 2 amide bonds. The number of thiazole rings is 1. The minimum Gasteiger partial charge on any atom is -0.307 e. The van der Waals surface area contributed by atoms with E-state index in [-0.39, 0.29) is 57.4 Å². The Kier molecular flexibility index (Phi) is 4.18. The number of carbonyl (C=O) groups excluding carboxylic acids is 2. The first-order chi connectivity index (χ1) is 15.5. The van der Waals surface area contributed by atoms with Crippen molar-refractivity contribution in [2.45, 2.75) is 22.6 Å². The number of thioether (sulfide) groups is 1. The van der Waals surface area contributed by atoms with Gasteiger partial charge in [-0.25, -0.2) is 0 Å². The summed E-state index contributed by atoms with van der Waals surface area (Å²) >= 11 is 10.8. The molecule has 5 nitrogen and oxygen atoms in total. The van der Waals surface area contributed by atoms with Gasteiger partial charge in [0.05, 0.1) is 22.5 Å². The first-order valence-electron chi connectivity index (χ1n) is 10.6. The van der Waals surface area contributed by atoms with Gasteiger partial charge in [-0.2, -0.15) is 0 Å². The van der Waals surface area contributed by atoms with E-state index in [9.17, 15) is 14.4 Å². The Morgan fingerprint density at radius 1 is 1.00 bits per heavy atom. The summed E-state index contributed by atoms with van der Waals surface area (Å²) < 4.78 is 0. The quantitative estimate of drug-likeness (QED) is 0.512. The van der Waals surface area contributed by atoms with Crippen LogP contribution >= 0.6 is 46.0 Å². The van der Waals surface area contributed by atoms with Crippen molar-refractivity contribution in [3.05, 3.63) is 66.2 Å². The number of nitrogens with one attached hydrogen (secondary N) is 1. The maximum atomic E-state index is 13.6. The van der Waals surface area contributed by atoms with E-state index in [1.54, 1.807) is 47.4 Å². The second kappa shape index (κ2) is 6.82. The zero-order valence-electron chi connectivity index (χ0n) is 16.6. The fourth-order valence-corrected chi connectivity index (χ4v) is 10.6. The molecule has 2 aliphatic heterocycles. The van der Waals surface area contributed by atoms with Crippen molar-refractivity contribution in [3.8, 4) is 0 Å². The largest absolute Gasteiger partial charge is 0.307 e. The van der Waals surface area contributed by atoms with Crippen molar-refractivity contribution in [1.82, 2.24) is 4.98 Å². The molecule has 1 aromatic carbocycles. The summed E-state index contributed by atoms with van der Waals surface area (Å²) in [7, 11) is 0. The van der Waals surface area contributed by atoms with Crippen LogP contribution in [0, 0.1) is 29.6 Å². The Labute approximate surface area is 200 Å². The number of rotatable bonds is 2. The Morgan fingerprint density at radius 2 is 1.75 bits per heavy atom. The first-order valence-corrected chi connectivity index (χ1v) is 13.5. The number of H-pyrrole nitrogens is 1. The van der Waals surface area contributed by atoms with Crippen LogP contribution in [-0.4, -0.2) is 22.0 Å². The topological polar surface area (TPSA) is 70.2 Å². The van der Waals surface area contributed by atoms with Crippen LogP contribution in [0.4, 0.5) is 5.69 Å². The number of hydrogen-bond donors (Lipinski definition) is 1. The molecule has 3 aromatic rings. The average Bonchev–Trinajstić information content (AvgIpc) is 3.57. The third-order valence-corrected chi connectivity index (χ3v) is 11.5. The lowest BCUT2D eigenvalue weighted by Crippen LogP contribution is -2.42. The molecule has 2 aliphatic carbocycles. The molecule has 32 heavy (non-hydrogen) atoms. The van der Waals surface area contributed by atoms with Crippen LogP contribution in [0.1, 0.15) is 22.1 Å². The second-order valence-electron chi connectivity index (χ2n) is 8.96. The highest BCUT2D eigenvalue weighted by molar-refractivity contribution is 8.00. The number of nitrogens with zero attached hydrogens (tertiary/aromatic N) is 1. The van der Waals surface area contributed by atoms with Gasteiger partial charge in [-0.1, -0.05) is 29.0 Å². The lowest BCUT2D eigenvalue weighted by atomic mass is 9.69. The number of amides is 2. The fraction of sp³-hybridized carbons (Fsp3) is 0.348. The molecule has 4 heterocycles. The molecular formula is C23H17ClN2O3S3. The third-order valence-electron chi connectivity index (χ3n) is 7.66. The molecule has 4 aliphatic rings. The van der Waals surface area contributed by atoms with Gasteiger partial charge in [-0.3, -0.25) is 19.3 Å². The predicted molar refractivity (Wildman–Crippen MR) is 127 cm³/mol. The maximum absolute atomic E-state index is 13.6. The first kappa shape index (κ1) is 19.6. The molecule has 7 rings (SSSR count). The Balaban J connectivity index is 1.32. The van der Waals surface area contributed by atoms with Gasteiger partial charge in [-0.05, 0) is 59.9 Å². The number of imide groups is 1. The normalized spacial score (nSPS) is 34.7. The molecule has 162 valence electrons. The molecule has 1 saturated heterocycles. The standard InChI is InChI=1S/C23H17ClN2O3S3/c24-9-3-5-10(6-4-9)26-21(27)15-11-8-12(16(15)22(26)28)18-14(11)17(13-2-1-7-30-13)19-20(31-18)25-23(29)32-19/h1-7,11-12,14-18H,8H2,(H,25,29)/t11-,12-,14-,15+,16-,17-,18-/m1/s1. The van der Waals surface area contributed by atoms with E-state index in [4.69, 9.17) is 11.6 Å². The summed E-state index contributed by atoms with van der Waals surface area (Å²) in [6.45, 7) is 0. The van der Waals surface area contributed by atoms with E-state index >= 15 is 0 Å². The van der Waals surface area contributed by atoms with Crippen LogP contribution < -0.4 is 9.77 Å². The van der Waals surface area contributed by atoms with Crippen LogP contribution in [0.15, 0.2) is 51.6 Å². The van der Waals surface area contributed by atoms with Gasteiger partial charge in [0.15, 0.2) is 0 Å². The molecule has 0 radical (unpaired) electrons. The molecule has 0 spiro atoms. The maximum Gasteiger partial charge on any atom is 0.305 e. The van der Waals surface area contributed by atoms with Gasteiger partial charge >= 0.3 is 4.87 Å². The Morgan fingerprint density at radius 3 is 2.47 bits per heavy atom. The van der Waals surface area contributed by atoms with Gasteiger partial charge in [0.1, 0.15) is 0 Å². The number of benzene rings is 1. The van der Waals surface area contributed by atoms with Crippen LogP contribution in [-0.2, 0) is 9.59 Å².